The molecule has 0 atom stereocenters. The smallest absolute Gasteiger partial charge is 0.313 e. The summed E-state index contributed by atoms with van der Waals surface area (Å²) in [4.78, 5) is 21.1. The van der Waals surface area contributed by atoms with Gasteiger partial charge in [0.05, 0.1) is 16.9 Å². The second kappa shape index (κ2) is 4.54. The van der Waals surface area contributed by atoms with Crippen LogP contribution in [0.25, 0.3) is 0 Å². The van der Waals surface area contributed by atoms with Crippen LogP contribution in [0.1, 0.15) is 13.8 Å². The molecule has 15 heavy (non-hydrogen) atoms. The van der Waals surface area contributed by atoms with Gasteiger partial charge in [-0.3, -0.25) is 14.9 Å². The number of hydrogen-bond acceptors (Lipinski definition) is 4. The van der Waals surface area contributed by atoms with Gasteiger partial charge in [-0.15, -0.1) is 0 Å². The molecule has 0 bridgehead atoms. The van der Waals surface area contributed by atoms with Gasteiger partial charge >= 0.3 is 5.97 Å². The van der Waals surface area contributed by atoms with Gasteiger partial charge in [-0.25, -0.2) is 0 Å². The van der Waals surface area contributed by atoms with Crippen molar-refractivity contribution in [2.45, 2.75) is 13.8 Å². The van der Waals surface area contributed by atoms with E-state index in [0.29, 0.717) is 0 Å². The maximum absolute atomic E-state index is 11.2. The van der Waals surface area contributed by atoms with Crippen LogP contribution in [0, 0.1) is 16.0 Å². The minimum absolute atomic E-state index is 0.0935. The molecule has 1 aromatic rings. The van der Waals surface area contributed by atoms with Crippen molar-refractivity contribution in [2.75, 3.05) is 0 Å². The minimum Gasteiger partial charge on any atom is -0.426 e. The summed E-state index contributed by atoms with van der Waals surface area (Å²) < 4.78 is 4.92. The van der Waals surface area contributed by atoms with E-state index in [4.69, 9.17) is 4.74 Å². The van der Waals surface area contributed by atoms with E-state index in [1.54, 1.807) is 13.8 Å². The highest BCUT2D eigenvalue weighted by Crippen LogP contribution is 2.19. The lowest BCUT2D eigenvalue weighted by Crippen LogP contribution is -2.14. The first kappa shape index (κ1) is 11.2. The molecule has 0 saturated heterocycles. The monoisotopic (exact) mass is 209 g/mol. The highest BCUT2D eigenvalue weighted by atomic mass is 16.6. The maximum Gasteiger partial charge on any atom is 0.313 e. The molecule has 0 radical (unpaired) electrons. The predicted octanol–water partition coefficient (Wildman–Crippen LogP) is 2.16. The van der Waals surface area contributed by atoms with Gasteiger partial charge in [-0.2, -0.15) is 0 Å². The zero-order valence-corrected chi connectivity index (χ0v) is 8.47. The van der Waals surface area contributed by atoms with Crippen LogP contribution in [-0.4, -0.2) is 10.9 Å². The van der Waals surface area contributed by atoms with Crippen LogP contribution in [0.2, 0.25) is 0 Å². The second-order valence-electron chi connectivity index (χ2n) is 3.33. The van der Waals surface area contributed by atoms with Crippen LogP contribution in [0.4, 0.5) is 5.69 Å². The summed E-state index contributed by atoms with van der Waals surface area (Å²) >= 11 is 0. The van der Waals surface area contributed by atoms with Crippen LogP contribution in [-0.2, 0) is 4.79 Å². The van der Waals surface area contributed by atoms with Crippen molar-refractivity contribution < 1.29 is 14.5 Å². The van der Waals surface area contributed by atoms with Crippen molar-refractivity contribution >= 4 is 11.7 Å². The van der Waals surface area contributed by atoms with Crippen LogP contribution in [0.15, 0.2) is 24.3 Å². The lowest BCUT2D eigenvalue weighted by Gasteiger charge is -2.05. The number of nitrogens with zero attached hydrogens (tertiary/aromatic N) is 1. The van der Waals surface area contributed by atoms with E-state index in [9.17, 15) is 14.9 Å². The van der Waals surface area contributed by atoms with Crippen molar-refractivity contribution in [1.29, 1.82) is 0 Å². The molecule has 1 aromatic carbocycles. The van der Waals surface area contributed by atoms with Gasteiger partial charge in [-0.1, -0.05) is 19.9 Å². The molecule has 0 spiro atoms. The highest BCUT2D eigenvalue weighted by Gasteiger charge is 2.12. The zero-order chi connectivity index (χ0) is 11.4. The first-order valence-corrected chi connectivity index (χ1v) is 4.47. The highest BCUT2D eigenvalue weighted by molar-refractivity contribution is 5.74. The maximum atomic E-state index is 11.2. The third kappa shape index (κ3) is 3.05. The van der Waals surface area contributed by atoms with Crippen molar-refractivity contribution in [3.05, 3.63) is 34.4 Å². The molecular weight excluding hydrogens is 198 g/mol. The molecule has 0 unspecified atom stereocenters. The quantitative estimate of drug-likeness (QED) is 0.331. The molecular formula is C10H11NO4. The molecule has 0 heterocycles. The summed E-state index contributed by atoms with van der Waals surface area (Å²) in [5.41, 5.74) is -0.0935. The Morgan fingerprint density at radius 1 is 1.47 bits per heavy atom. The molecule has 0 N–H and O–H groups in total. The van der Waals surface area contributed by atoms with E-state index < -0.39 is 10.9 Å². The average Bonchev–Trinajstić information content (AvgIpc) is 2.18. The Labute approximate surface area is 86.8 Å². The van der Waals surface area contributed by atoms with E-state index in [1.165, 1.54) is 24.3 Å². The van der Waals surface area contributed by atoms with Crippen molar-refractivity contribution in [2.24, 2.45) is 5.92 Å². The fourth-order valence-electron chi connectivity index (χ4n) is 0.895. The predicted molar refractivity (Wildman–Crippen MR) is 53.6 cm³/mol. The molecule has 0 saturated carbocycles. The van der Waals surface area contributed by atoms with Gasteiger partial charge < -0.3 is 4.74 Å². The molecule has 0 amide bonds. The Balaban J connectivity index is 2.83. The van der Waals surface area contributed by atoms with Crippen LogP contribution < -0.4 is 4.74 Å². The lowest BCUT2D eigenvalue weighted by molar-refractivity contribution is -0.384. The summed E-state index contributed by atoms with van der Waals surface area (Å²) in [5, 5.41) is 10.4. The number of carbonyl (C=O) groups is 1. The number of carbonyl (C=O) groups excluding carboxylic acids is 1. The molecule has 5 nitrogen and oxygen atoms in total. The Kier molecular flexibility index (Phi) is 3.38. The molecule has 0 aliphatic heterocycles. The molecule has 80 valence electrons. The fraction of sp³-hybridized carbons (Fsp3) is 0.300. The summed E-state index contributed by atoms with van der Waals surface area (Å²) in [6.07, 6.45) is 0. The molecule has 0 fully saturated rings. The number of hydrogen-bond donors (Lipinski definition) is 0. The molecule has 1 rings (SSSR count). The van der Waals surface area contributed by atoms with E-state index in [2.05, 4.69) is 0 Å². The SMILES string of the molecule is CC(C)C(=O)Oc1cccc([N+](=O)[O-])c1. The minimum atomic E-state index is -0.535. The fourth-order valence-corrected chi connectivity index (χ4v) is 0.895. The third-order valence-corrected chi connectivity index (χ3v) is 1.72. The summed E-state index contributed by atoms with van der Waals surface area (Å²) in [6, 6.07) is 5.54. The molecule has 0 aromatic heterocycles. The summed E-state index contributed by atoms with van der Waals surface area (Å²) in [6.45, 7) is 3.39. The zero-order valence-electron chi connectivity index (χ0n) is 8.47. The van der Waals surface area contributed by atoms with Gasteiger partial charge in [0.25, 0.3) is 5.69 Å². The largest absolute Gasteiger partial charge is 0.426 e. The van der Waals surface area contributed by atoms with Gasteiger partial charge in [0, 0.05) is 6.07 Å². The number of esters is 1. The average molecular weight is 209 g/mol. The van der Waals surface area contributed by atoms with Crippen molar-refractivity contribution in [3.63, 3.8) is 0 Å². The number of benzene rings is 1. The van der Waals surface area contributed by atoms with E-state index in [-0.39, 0.29) is 17.4 Å². The van der Waals surface area contributed by atoms with E-state index >= 15 is 0 Å². The van der Waals surface area contributed by atoms with Crippen molar-refractivity contribution in [3.8, 4) is 5.75 Å². The Bertz CT molecular complexity index is 387. The molecule has 0 aliphatic carbocycles. The first-order chi connectivity index (χ1) is 7.00. The molecule has 5 heteroatoms. The standard InChI is InChI=1S/C10H11NO4/c1-7(2)10(12)15-9-5-3-4-8(6-9)11(13)14/h3-7H,1-2H3. The van der Waals surface area contributed by atoms with Crippen LogP contribution in [0.5, 0.6) is 5.75 Å². The second-order valence-corrected chi connectivity index (χ2v) is 3.33. The normalized spacial score (nSPS) is 10.1. The number of non-ortho nitro benzene ring substituents is 1. The van der Waals surface area contributed by atoms with Gasteiger partial charge in [0.2, 0.25) is 0 Å². The Morgan fingerprint density at radius 3 is 2.67 bits per heavy atom. The van der Waals surface area contributed by atoms with Gasteiger partial charge in [0.15, 0.2) is 0 Å². The van der Waals surface area contributed by atoms with Crippen LogP contribution in [0.3, 0.4) is 0 Å². The number of rotatable bonds is 3. The molecule has 0 aliphatic rings. The van der Waals surface area contributed by atoms with Gasteiger partial charge in [-0.05, 0) is 6.07 Å². The van der Waals surface area contributed by atoms with E-state index in [0.717, 1.165) is 0 Å². The number of ether oxygens (including phenoxy) is 1. The van der Waals surface area contributed by atoms with Gasteiger partial charge in [0.1, 0.15) is 5.75 Å². The summed E-state index contributed by atoms with van der Waals surface area (Å²) in [5.74, 6) is -0.470. The third-order valence-electron chi connectivity index (χ3n) is 1.72. The van der Waals surface area contributed by atoms with E-state index in [1.807, 2.05) is 0 Å². The topological polar surface area (TPSA) is 69.4 Å². The van der Waals surface area contributed by atoms with Crippen LogP contribution >= 0.6 is 0 Å². The Hall–Kier alpha value is -1.91. The Morgan fingerprint density at radius 2 is 2.13 bits per heavy atom. The summed E-state index contributed by atoms with van der Waals surface area (Å²) in [7, 11) is 0. The van der Waals surface area contributed by atoms with Crippen molar-refractivity contribution in [1.82, 2.24) is 0 Å². The number of nitro benzene ring substituents is 1. The first-order valence-electron chi connectivity index (χ1n) is 4.47. The lowest BCUT2D eigenvalue weighted by atomic mass is 10.2. The number of nitro groups is 1.